The molecule has 1 aromatic carbocycles. The smallest absolute Gasteiger partial charge is 0.347 e. The first-order chi connectivity index (χ1) is 8.66. The van der Waals surface area contributed by atoms with E-state index in [4.69, 9.17) is 4.74 Å². The summed E-state index contributed by atoms with van der Waals surface area (Å²) >= 11 is 0. The maximum atomic E-state index is 11.5. The molecule has 0 spiro atoms. The molecule has 94 valence electrons. The fourth-order valence-corrected chi connectivity index (χ4v) is 1.60. The van der Waals surface area contributed by atoms with Gasteiger partial charge in [-0.05, 0) is 19.4 Å². The molecule has 0 amide bonds. The molecule has 0 fully saturated rings. The van der Waals surface area contributed by atoms with Crippen molar-refractivity contribution in [2.24, 2.45) is 0 Å². The van der Waals surface area contributed by atoms with Crippen molar-refractivity contribution in [3.05, 3.63) is 58.8 Å². The van der Waals surface area contributed by atoms with Crippen LogP contribution < -0.4 is 10.4 Å². The molecule has 0 saturated heterocycles. The largest absolute Gasteiger partial charge is 0.486 e. The molecule has 4 nitrogen and oxygen atoms in total. The van der Waals surface area contributed by atoms with Crippen molar-refractivity contribution in [2.75, 3.05) is 0 Å². The Morgan fingerprint density at radius 1 is 1.28 bits per heavy atom. The van der Waals surface area contributed by atoms with Crippen LogP contribution in [-0.2, 0) is 6.61 Å². The van der Waals surface area contributed by atoms with Crippen molar-refractivity contribution in [3.8, 4) is 5.75 Å². The summed E-state index contributed by atoms with van der Waals surface area (Å²) in [5.41, 5.74) is 0.830. The van der Waals surface area contributed by atoms with Crippen LogP contribution >= 0.6 is 0 Å². The summed E-state index contributed by atoms with van der Waals surface area (Å²) in [6.45, 7) is 4.34. The highest BCUT2D eigenvalue weighted by atomic mass is 16.5. The molecule has 0 aliphatic carbocycles. The van der Waals surface area contributed by atoms with Crippen molar-refractivity contribution in [3.63, 3.8) is 0 Å². The SMILES string of the molecule is CC(C)n1cc(OCc2ccccc2)cnc1=O. The molecule has 1 aromatic heterocycles. The highest BCUT2D eigenvalue weighted by molar-refractivity contribution is 5.16. The highest BCUT2D eigenvalue weighted by Gasteiger charge is 2.04. The van der Waals surface area contributed by atoms with Crippen molar-refractivity contribution in [1.29, 1.82) is 0 Å². The highest BCUT2D eigenvalue weighted by Crippen LogP contribution is 2.11. The van der Waals surface area contributed by atoms with Crippen LogP contribution in [0.15, 0.2) is 47.5 Å². The predicted molar refractivity (Wildman–Crippen MR) is 69.7 cm³/mol. The zero-order valence-electron chi connectivity index (χ0n) is 10.5. The summed E-state index contributed by atoms with van der Waals surface area (Å²) in [7, 11) is 0. The molecule has 0 bridgehead atoms. The lowest BCUT2D eigenvalue weighted by molar-refractivity contribution is 0.299. The zero-order chi connectivity index (χ0) is 13.0. The van der Waals surface area contributed by atoms with Gasteiger partial charge in [0.2, 0.25) is 0 Å². The second-order valence-corrected chi connectivity index (χ2v) is 4.35. The molecule has 0 radical (unpaired) electrons. The number of rotatable bonds is 4. The van der Waals surface area contributed by atoms with Gasteiger partial charge in [-0.1, -0.05) is 30.3 Å². The monoisotopic (exact) mass is 244 g/mol. The van der Waals surface area contributed by atoms with Gasteiger partial charge in [0.25, 0.3) is 0 Å². The topological polar surface area (TPSA) is 44.1 Å². The first-order valence-corrected chi connectivity index (χ1v) is 5.92. The van der Waals surface area contributed by atoms with Gasteiger partial charge in [0.1, 0.15) is 6.61 Å². The average molecular weight is 244 g/mol. The molecule has 0 unspecified atom stereocenters. The van der Waals surface area contributed by atoms with E-state index in [9.17, 15) is 4.79 Å². The van der Waals surface area contributed by atoms with Crippen LogP contribution in [0.25, 0.3) is 0 Å². The van der Waals surface area contributed by atoms with E-state index in [-0.39, 0.29) is 11.7 Å². The van der Waals surface area contributed by atoms with E-state index in [2.05, 4.69) is 4.98 Å². The summed E-state index contributed by atoms with van der Waals surface area (Å²) in [5, 5.41) is 0. The van der Waals surface area contributed by atoms with Gasteiger partial charge in [-0.3, -0.25) is 4.57 Å². The number of hydrogen-bond donors (Lipinski definition) is 0. The molecular formula is C14H16N2O2. The average Bonchev–Trinajstić information content (AvgIpc) is 2.38. The first kappa shape index (κ1) is 12.4. The number of hydrogen-bond acceptors (Lipinski definition) is 3. The van der Waals surface area contributed by atoms with Crippen LogP contribution in [0.3, 0.4) is 0 Å². The molecule has 0 atom stereocenters. The van der Waals surface area contributed by atoms with Gasteiger partial charge in [-0.2, -0.15) is 4.98 Å². The van der Waals surface area contributed by atoms with E-state index in [1.54, 1.807) is 10.8 Å². The van der Waals surface area contributed by atoms with Gasteiger partial charge < -0.3 is 4.74 Å². The molecule has 18 heavy (non-hydrogen) atoms. The molecule has 2 aromatic rings. The zero-order valence-corrected chi connectivity index (χ0v) is 10.5. The fraction of sp³-hybridized carbons (Fsp3) is 0.286. The number of aromatic nitrogens is 2. The van der Waals surface area contributed by atoms with Crippen LogP contribution in [0.2, 0.25) is 0 Å². The number of ether oxygens (including phenoxy) is 1. The Balaban J connectivity index is 2.11. The van der Waals surface area contributed by atoms with E-state index in [0.29, 0.717) is 12.4 Å². The van der Waals surface area contributed by atoms with E-state index in [1.807, 2.05) is 44.2 Å². The first-order valence-electron chi connectivity index (χ1n) is 5.92. The third-order valence-corrected chi connectivity index (χ3v) is 2.59. The molecule has 0 aliphatic heterocycles. The minimum absolute atomic E-state index is 0.0743. The Bertz CT molecular complexity index is 562. The van der Waals surface area contributed by atoms with Crippen LogP contribution in [0.4, 0.5) is 0 Å². The van der Waals surface area contributed by atoms with Crippen molar-refractivity contribution >= 4 is 0 Å². The van der Waals surface area contributed by atoms with Crippen molar-refractivity contribution in [1.82, 2.24) is 9.55 Å². The normalized spacial score (nSPS) is 10.6. The van der Waals surface area contributed by atoms with Gasteiger partial charge in [0.05, 0.1) is 12.4 Å². The minimum Gasteiger partial charge on any atom is -0.486 e. The minimum atomic E-state index is -0.253. The summed E-state index contributed by atoms with van der Waals surface area (Å²) in [5.74, 6) is 0.604. The van der Waals surface area contributed by atoms with Gasteiger partial charge in [-0.25, -0.2) is 4.79 Å². The molecule has 4 heteroatoms. The standard InChI is InChI=1S/C14H16N2O2/c1-11(2)16-9-13(8-15-14(16)17)18-10-12-6-4-3-5-7-12/h3-9,11H,10H2,1-2H3. The van der Waals surface area contributed by atoms with Gasteiger partial charge in [0, 0.05) is 6.04 Å². The Hall–Kier alpha value is -2.10. The molecule has 1 heterocycles. The van der Waals surface area contributed by atoms with Gasteiger partial charge in [0.15, 0.2) is 5.75 Å². The second-order valence-electron chi connectivity index (χ2n) is 4.35. The third-order valence-electron chi connectivity index (χ3n) is 2.59. The summed E-state index contributed by atoms with van der Waals surface area (Å²) in [6.07, 6.45) is 3.16. The quantitative estimate of drug-likeness (QED) is 0.829. The maximum Gasteiger partial charge on any atom is 0.347 e. The predicted octanol–water partition coefficient (Wildman–Crippen LogP) is 2.40. The summed E-state index contributed by atoms with van der Waals surface area (Å²) < 4.78 is 7.17. The third kappa shape index (κ3) is 2.97. The Morgan fingerprint density at radius 2 is 2.00 bits per heavy atom. The van der Waals surface area contributed by atoms with E-state index >= 15 is 0 Å². The van der Waals surface area contributed by atoms with Crippen LogP contribution in [0, 0.1) is 0 Å². The molecule has 2 rings (SSSR count). The van der Waals surface area contributed by atoms with E-state index in [0.717, 1.165) is 5.56 Å². The van der Waals surface area contributed by atoms with Gasteiger partial charge in [-0.15, -0.1) is 0 Å². The summed E-state index contributed by atoms with van der Waals surface area (Å²) in [4.78, 5) is 15.3. The van der Waals surface area contributed by atoms with E-state index < -0.39 is 0 Å². The van der Waals surface area contributed by atoms with Crippen molar-refractivity contribution < 1.29 is 4.74 Å². The number of benzene rings is 1. The lowest BCUT2D eigenvalue weighted by Crippen LogP contribution is -2.23. The number of nitrogens with zero attached hydrogens (tertiary/aromatic N) is 2. The molecular weight excluding hydrogens is 228 g/mol. The Labute approximate surface area is 106 Å². The second kappa shape index (κ2) is 5.49. The van der Waals surface area contributed by atoms with Crippen LogP contribution in [0.5, 0.6) is 5.75 Å². The molecule has 0 aliphatic rings. The Morgan fingerprint density at radius 3 is 2.67 bits per heavy atom. The van der Waals surface area contributed by atoms with Crippen LogP contribution in [0.1, 0.15) is 25.5 Å². The summed E-state index contributed by atoms with van der Waals surface area (Å²) in [6, 6.07) is 9.95. The lowest BCUT2D eigenvalue weighted by atomic mass is 10.2. The fourth-order valence-electron chi connectivity index (χ4n) is 1.60. The lowest BCUT2D eigenvalue weighted by Gasteiger charge is -2.11. The van der Waals surface area contributed by atoms with Crippen LogP contribution in [-0.4, -0.2) is 9.55 Å². The van der Waals surface area contributed by atoms with Gasteiger partial charge >= 0.3 is 5.69 Å². The maximum absolute atomic E-state index is 11.5. The molecule has 0 N–H and O–H groups in total. The molecule has 0 saturated carbocycles. The Kier molecular flexibility index (Phi) is 3.77. The van der Waals surface area contributed by atoms with Crippen molar-refractivity contribution in [2.45, 2.75) is 26.5 Å². The van der Waals surface area contributed by atoms with E-state index in [1.165, 1.54) is 6.20 Å².